The second-order valence-electron chi connectivity index (χ2n) is 0.495. The van der Waals surface area contributed by atoms with Gasteiger partial charge in [0.1, 0.15) is 0 Å². The van der Waals surface area contributed by atoms with Crippen LogP contribution in [0.5, 0.6) is 0 Å². The maximum Gasteiger partial charge on any atom is 1.00 e. The number of hydrogen-bond acceptors (Lipinski definition) is 0. The largest absolute Gasteiger partial charge is 1.00 e. The highest BCUT2D eigenvalue weighted by atomic mass is 35.5. The zero-order valence-corrected chi connectivity index (χ0v) is 3.31. The van der Waals surface area contributed by atoms with Crippen LogP contribution in [0.3, 0.4) is 0 Å². The molecule has 0 atom stereocenters. The first-order valence-corrected chi connectivity index (χ1v) is 0.873. The fourth-order valence-electron chi connectivity index (χ4n) is 0. The lowest BCUT2D eigenvalue weighted by atomic mass is 10.3. The summed E-state index contributed by atoms with van der Waals surface area (Å²) in [7, 11) is -6.00. The van der Waals surface area contributed by atoms with Crippen LogP contribution in [-0.4, -0.2) is 7.25 Å². The Morgan fingerprint density at radius 1 is 1.00 bits per heavy atom. The van der Waals surface area contributed by atoms with Crippen molar-refractivity contribution in [2.75, 3.05) is 0 Å². The predicted octanol–water partition coefficient (Wildman–Crippen LogP) is 1.83. The van der Waals surface area contributed by atoms with E-state index in [2.05, 4.69) is 0 Å². The molecule has 40 valence electrons. The molecule has 0 N–H and O–H groups in total. The average Bonchev–Trinajstić information content (AvgIpc) is 0.722. The molecule has 0 bridgehead atoms. The highest BCUT2D eigenvalue weighted by Gasteiger charge is 2.20. The lowest BCUT2D eigenvalue weighted by Gasteiger charge is -1.94. The van der Waals surface area contributed by atoms with Crippen molar-refractivity contribution in [3.63, 3.8) is 0 Å². The van der Waals surface area contributed by atoms with Crippen LogP contribution in [0.1, 0.15) is 1.43 Å². The standard InChI is InChI=1S/BF4.ClH/c2-1(3,4)5;/h;1H/q-1;/p+1. The Bertz CT molecular complexity index is 27.2. The van der Waals surface area contributed by atoms with Crippen molar-refractivity contribution in [3.05, 3.63) is 0 Å². The Labute approximate surface area is 39.5 Å². The molecule has 0 spiro atoms. The third kappa shape index (κ3) is 6860. The molecular weight excluding hydrogens is 122 g/mol. The Hall–Kier alpha value is 0.0749. The molecule has 0 rings (SSSR count). The van der Waals surface area contributed by atoms with Gasteiger partial charge in [0.05, 0.1) is 0 Å². The van der Waals surface area contributed by atoms with Gasteiger partial charge in [0, 0.05) is 0 Å². The Kier molecular flexibility index (Phi) is 3.59. The monoisotopic (exact) mass is 124 g/mol. The van der Waals surface area contributed by atoms with Crippen LogP contribution in [0.25, 0.3) is 0 Å². The van der Waals surface area contributed by atoms with Crippen molar-refractivity contribution in [2.24, 2.45) is 0 Å². The summed E-state index contributed by atoms with van der Waals surface area (Å²) in [6.07, 6.45) is 0. The second-order valence-corrected chi connectivity index (χ2v) is 0.495. The van der Waals surface area contributed by atoms with Gasteiger partial charge < -0.3 is 17.3 Å². The van der Waals surface area contributed by atoms with Crippen molar-refractivity contribution in [1.82, 2.24) is 0 Å². The SMILES string of the molecule is Cl.F[B-](F)(F)F.[H+]. The first-order chi connectivity index (χ1) is 2.00. The van der Waals surface area contributed by atoms with E-state index in [-0.39, 0.29) is 13.8 Å². The molecule has 0 fully saturated rings. The Balaban J connectivity index is -0.0000000800. The molecule has 0 amide bonds. The predicted molar refractivity (Wildman–Crippen MR) is 18.5 cm³/mol. The first-order valence-electron chi connectivity index (χ1n) is 0.873. The fraction of sp³-hybridized carbons (Fsp3) is 0. The van der Waals surface area contributed by atoms with E-state index >= 15 is 0 Å². The summed E-state index contributed by atoms with van der Waals surface area (Å²) in [5.41, 5.74) is 0. The van der Waals surface area contributed by atoms with E-state index < -0.39 is 7.25 Å². The third-order valence-electron chi connectivity index (χ3n) is 0. The maximum absolute atomic E-state index is 9.75. The topological polar surface area (TPSA) is 0 Å². The summed E-state index contributed by atoms with van der Waals surface area (Å²) < 4.78 is 39.0. The summed E-state index contributed by atoms with van der Waals surface area (Å²) >= 11 is 0. The molecule has 0 aromatic carbocycles. The normalized spacial score (nSPS) is 10.0. The van der Waals surface area contributed by atoms with E-state index in [0.29, 0.717) is 0 Å². The second kappa shape index (κ2) is 2.28. The average molecular weight is 124 g/mol. The molecule has 0 saturated carbocycles. The van der Waals surface area contributed by atoms with Gasteiger partial charge >= 0.3 is 8.68 Å². The van der Waals surface area contributed by atoms with Crippen molar-refractivity contribution in [1.29, 1.82) is 0 Å². The van der Waals surface area contributed by atoms with E-state index in [0.717, 1.165) is 0 Å². The van der Waals surface area contributed by atoms with Crippen LogP contribution in [0.15, 0.2) is 0 Å². The van der Waals surface area contributed by atoms with Crippen molar-refractivity contribution >= 4 is 19.7 Å². The van der Waals surface area contributed by atoms with Gasteiger partial charge in [-0.25, -0.2) is 0 Å². The summed E-state index contributed by atoms with van der Waals surface area (Å²) in [5, 5.41) is 0. The van der Waals surface area contributed by atoms with Gasteiger partial charge in [-0.3, -0.25) is 0 Å². The van der Waals surface area contributed by atoms with E-state index in [1.54, 1.807) is 0 Å². The molecule has 0 saturated heterocycles. The van der Waals surface area contributed by atoms with Crippen LogP contribution in [0, 0.1) is 0 Å². The zero-order chi connectivity index (χ0) is 4.50. The zero-order valence-electron chi connectivity index (χ0n) is 3.50. The third-order valence-corrected chi connectivity index (χ3v) is 0. The number of rotatable bonds is 0. The molecule has 0 aromatic rings. The van der Waals surface area contributed by atoms with Crippen LogP contribution in [0.2, 0.25) is 0 Å². The summed E-state index contributed by atoms with van der Waals surface area (Å²) in [6.45, 7) is 0. The molecule has 6 heteroatoms. The van der Waals surface area contributed by atoms with Crippen LogP contribution in [0.4, 0.5) is 17.3 Å². The van der Waals surface area contributed by atoms with Crippen LogP contribution < -0.4 is 0 Å². The van der Waals surface area contributed by atoms with Crippen molar-refractivity contribution < 1.29 is 18.7 Å². The minimum atomic E-state index is -6.00. The van der Waals surface area contributed by atoms with E-state index in [1.807, 2.05) is 0 Å². The van der Waals surface area contributed by atoms with Crippen molar-refractivity contribution in [3.8, 4) is 0 Å². The maximum atomic E-state index is 9.75. The highest BCUT2D eigenvalue weighted by molar-refractivity contribution is 6.50. The fourth-order valence-corrected chi connectivity index (χ4v) is 0. The minimum Gasteiger partial charge on any atom is -0.418 e. The van der Waals surface area contributed by atoms with Gasteiger partial charge in [-0.1, -0.05) is 0 Å². The number of hydrogen-bond donors (Lipinski definition) is 0. The molecular formula is H2BClF4. The molecule has 0 heterocycles. The minimum absolute atomic E-state index is 0. The van der Waals surface area contributed by atoms with Crippen LogP contribution >= 0.6 is 12.4 Å². The molecule has 0 unspecified atom stereocenters. The number of halogens is 5. The summed E-state index contributed by atoms with van der Waals surface area (Å²) in [5.74, 6) is 0. The van der Waals surface area contributed by atoms with E-state index in [9.17, 15) is 17.3 Å². The first kappa shape index (κ1) is 9.42. The molecule has 0 aliphatic carbocycles. The lowest BCUT2D eigenvalue weighted by Crippen LogP contribution is -2.02. The lowest BCUT2D eigenvalue weighted by molar-refractivity contribution is 0.368. The molecule has 0 radical (unpaired) electrons. The molecule has 0 aromatic heterocycles. The smallest absolute Gasteiger partial charge is 0.418 e. The van der Waals surface area contributed by atoms with Gasteiger partial charge in [0.25, 0.3) is 0 Å². The van der Waals surface area contributed by atoms with Gasteiger partial charge in [0.2, 0.25) is 0 Å². The molecule has 0 nitrogen and oxygen atoms in total. The van der Waals surface area contributed by atoms with E-state index in [4.69, 9.17) is 0 Å². The van der Waals surface area contributed by atoms with Gasteiger partial charge in [-0.2, -0.15) is 0 Å². The summed E-state index contributed by atoms with van der Waals surface area (Å²) in [4.78, 5) is 0. The van der Waals surface area contributed by atoms with Gasteiger partial charge in [0.15, 0.2) is 0 Å². The van der Waals surface area contributed by atoms with Gasteiger partial charge in [-0.05, 0) is 0 Å². The quantitative estimate of drug-likeness (QED) is 0.341. The Morgan fingerprint density at radius 3 is 1.00 bits per heavy atom. The highest BCUT2D eigenvalue weighted by Crippen LogP contribution is 2.06. The summed E-state index contributed by atoms with van der Waals surface area (Å²) in [6, 6.07) is 0. The molecule has 0 aliphatic rings. The van der Waals surface area contributed by atoms with Gasteiger partial charge in [-0.15, -0.1) is 12.4 Å². The molecule has 0 aliphatic heterocycles. The van der Waals surface area contributed by atoms with E-state index in [1.165, 1.54) is 0 Å². The Morgan fingerprint density at radius 2 is 1.00 bits per heavy atom. The molecule has 6 heavy (non-hydrogen) atoms. The van der Waals surface area contributed by atoms with Crippen LogP contribution in [-0.2, 0) is 0 Å². The van der Waals surface area contributed by atoms with Crippen molar-refractivity contribution in [2.45, 2.75) is 0 Å².